The summed E-state index contributed by atoms with van der Waals surface area (Å²) in [6.07, 6.45) is -0.624. The van der Waals surface area contributed by atoms with Gasteiger partial charge < -0.3 is 4.42 Å². The second-order valence-corrected chi connectivity index (χ2v) is 8.61. The van der Waals surface area contributed by atoms with Crippen LogP contribution in [0.15, 0.2) is 40.9 Å². The minimum Gasteiger partial charge on any atom is -0.455 e. The Hall–Kier alpha value is -2.61. The fourth-order valence-electron chi connectivity index (χ4n) is 3.79. The van der Waals surface area contributed by atoms with Crippen LogP contribution in [0.2, 0.25) is 0 Å². The molecule has 4 aromatic rings. The van der Waals surface area contributed by atoms with E-state index in [1.807, 2.05) is 6.92 Å². The molecule has 0 fully saturated rings. The molecule has 4 rings (SSSR count). The zero-order chi connectivity index (χ0) is 30.4. The summed E-state index contributed by atoms with van der Waals surface area (Å²) in [7, 11) is 1.66. The second-order valence-electron chi connectivity index (χ2n) is 8.61. The second kappa shape index (κ2) is 6.73. The molecular weight excluding hydrogens is 354 g/mol. The molecule has 0 bridgehead atoms. The number of hydrogen-bond donors (Lipinski definition) is 0. The first-order valence-corrected chi connectivity index (χ1v) is 9.52. The van der Waals surface area contributed by atoms with Crippen molar-refractivity contribution >= 4 is 21.9 Å². The zero-order valence-electron chi connectivity index (χ0n) is 28.3. The Kier molecular flexibility index (Phi) is 2.42. The molecule has 150 valence electrons. The molecule has 0 aliphatic heterocycles. The van der Waals surface area contributed by atoms with Crippen molar-refractivity contribution in [1.29, 1.82) is 0 Å². The van der Waals surface area contributed by atoms with E-state index >= 15 is 0 Å². The molecule has 0 unspecified atom stereocenters. The van der Waals surface area contributed by atoms with Crippen LogP contribution in [-0.2, 0) is 13.4 Å². The lowest BCUT2D eigenvalue weighted by atomic mass is 9.86. The van der Waals surface area contributed by atoms with Crippen LogP contribution in [0.5, 0.6) is 0 Å². The highest BCUT2D eigenvalue weighted by Crippen LogP contribution is 2.39. The van der Waals surface area contributed by atoms with Crippen LogP contribution >= 0.6 is 0 Å². The molecule has 2 heteroatoms. The lowest BCUT2D eigenvalue weighted by molar-refractivity contribution is -0.660. The lowest BCUT2D eigenvalue weighted by Crippen LogP contribution is -2.32. The maximum absolute atomic E-state index is 8.92. The minimum atomic E-state index is -2.62. The molecule has 0 saturated heterocycles. The maximum atomic E-state index is 8.92. The molecule has 0 saturated carbocycles. The number of fused-ring (bicyclic) bond motifs is 3. The lowest BCUT2D eigenvalue weighted by Gasteiger charge is -2.19. The molecule has 29 heavy (non-hydrogen) atoms. The Bertz CT molecular complexity index is 1630. The van der Waals surface area contributed by atoms with E-state index in [1.165, 1.54) is 24.4 Å². The van der Waals surface area contributed by atoms with Crippen molar-refractivity contribution in [3.8, 4) is 11.3 Å². The Morgan fingerprint density at radius 2 is 1.83 bits per heavy atom. The summed E-state index contributed by atoms with van der Waals surface area (Å²) < 4.78 is 97.8. The van der Waals surface area contributed by atoms with Gasteiger partial charge in [-0.05, 0) is 67.6 Å². The van der Waals surface area contributed by atoms with Crippen LogP contribution in [0.1, 0.15) is 63.7 Å². The monoisotopic (exact) mass is 397 g/mol. The van der Waals surface area contributed by atoms with Gasteiger partial charge in [0.05, 0.1) is 5.56 Å². The van der Waals surface area contributed by atoms with Crippen molar-refractivity contribution in [2.24, 2.45) is 12.5 Å². The summed E-state index contributed by atoms with van der Waals surface area (Å²) >= 11 is 0. The van der Waals surface area contributed by atoms with Gasteiger partial charge in [-0.3, -0.25) is 0 Å². The normalized spacial score (nSPS) is 19.7. The van der Waals surface area contributed by atoms with Crippen LogP contribution in [0, 0.1) is 32.9 Å². The van der Waals surface area contributed by atoms with E-state index in [0.29, 0.717) is 22.2 Å². The standard InChI is InChI=1S/C27H32NO/c1-16-11-18(3)24-21-10-9-17(2)25(26(21)29-23(24)12-16)22-13-20(14-27(5,6)7)19(4)15-28(22)8/h9-13,15H,14H2,1-8H3/q+1/i1D3,3D3,4D3,14D2. The quantitative estimate of drug-likeness (QED) is 0.336. The first-order chi connectivity index (χ1) is 18.0. The average Bonchev–Trinajstić information content (AvgIpc) is 3.14. The molecule has 2 aromatic heterocycles. The molecular formula is C27H32NO+. The summed E-state index contributed by atoms with van der Waals surface area (Å²) in [5.41, 5.74) is 0.775. The number of aromatic nitrogens is 1. The van der Waals surface area contributed by atoms with E-state index in [0.717, 1.165) is 5.56 Å². The molecule has 2 aromatic carbocycles. The van der Waals surface area contributed by atoms with E-state index in [1.54, 1.807) is 44.5 Å². The van der Waals surface area contributed by atoms with Crippen LogP contribution in [0.4, 0.5) is 0 Å². The van der Waals surface area contributed by atoms with Crippen molar-refractivity contribution in [2.45, 2.75) is 54.6 Å². The van der Waals surface area contributed by atoms with Gasteiger partial charge in [-0.1, -0.05) is 39.0 Å². The van der Waals surface area contributed by atoms with Crippen molar-refractivity contribution in [3.05, 3.63) is 64.3 Å². The first-order valence-electron chi connectivity index (χ1n) is 15.0. The Morgan fingerprint density at radius 3 is 2.52 bits per heavy atom. The fourth-order valence-corrected chi connectivity index (χ4v) is 3.79. The fraction of sp³-hybridized carbons (Fsp3) is 0.370. The van der Waals surface area contributed by atoms with Gasteiger partial charge in [0.2, 0.25) is 5.69 Å². The molecule has 0 amide bonds. The van der Waals surface area contributed by atoms with Crippen molar-refractivity contribution in [3.63, 3.8) is 0 Å². The Balaban J connectivity index is 2.17. The van der Waals surface area contributed by atoms with Crippen LogP contribution in [0.25, 0.3) is 33.2 Å². The highest BCUT2D eigenvalue weighted by atomic mass is 16.3. The van der Waals surface area contributed by atoms with Gasteiger partial charge in [0, 0.05) is 37.5 Å². The highest BCUT2D eigenvalue weighted by Gasteiger charge is 2.24. The molecule has 2 heterocycles. The minimum absolute atomic E-state index is 0.0217. The summed E-state index contributed by atoms with van der Waals surface area (Å²) in [5.74, 6) is 0. The third-order valence-corrected chi connectivity index (χ3v) is 4.99. The van der Waals surface area contributed by atoms with Gasteiger partial charge in [0.1, 0.15) is 18.2 Å². The topological polar surface area (TPSA) is 17.0 Å². The predicted molar refractivity (Wildman–Crippen MR) is 122 cm³/mol. The maximum Gasteiger partial charge on any atom is 0.216 e. The Labute approximate surface area is 189 Å². The van der Waals surface area contributed by atoms with Gasteiger partial charge in [0.25, 0.3) is 0 Å². The Morgan fingerprint density at radius 1 is 1.03 bits per heavy atom. The highest BCUT2D eigenvalue weighted by molar-refractivity contribution is 6.11. The van der Waals surface area contributed by atoms with Gasteiger partial charge in [-0.25, -0.2) is 4.57 Å². The van der Waals surface area contributed by atoms with Crippen molar-refractivity contribution in [1.82, 2.24) is 0 Å². The van der Waals surface area contributed by atoms with Crippen LogP contribution in [-0.4, -0.2) is 0 Å². The molecule has 0 aliphatic carbocycles. The number of benzene rings is 2. The van der Waals surface area contributed by atoms with Gasteiger partial charge in [0.15, 0.2) is 6.20 Å². The van der Waals surface area contributed by atoms with E-state index < -0.39 is 32.3 Å². The summed E-state index contributed by atoms with van der Waals surface area (Å²) in [4.78, 5) is 0. The van der Waals surface area contributed by atoms with Gasteiger partial charge in [-0.15, -0.1) is 0 Å². The smallest absolute Gasteiger partial charge is 0.216 e. The number of furan rings is 1. The van der Waals surface area contributed by atoms with E-state index in [2.05, 4.69) is 0 Å². The van der Waals surface area contributed by atoms with Gasteiger partial charge >= 0.3 is 0 Å². The van der Waals surface area contributed by atoms with Gasteiger partial charge in [-0.2, -0.15) is 0 Å². The third kappa shape index (κ3) is 3.46. The largest absolute Gasteiger partial charge is 0.455 e. The zero-order valence-corrected chi connectivity index (χ0v) is 17.3. The van der Waals surface area contributed by atoms with E-state index in [4.69, 9.17) is 19.5 Å². The SMILES string of the molecule is [2H]C([2H])([2H])c1cc(C([2H])([2H])[2H])c2c(c1)oc1c(-c3cc(C([2H])([2H])C(C)(C)C)c(C([2H])([2H])[2H])c[n+]3C)c(C)ccc12. The third-order valence-electron chi connectivity index (χ3n) is 4.99. The molecule has 0 spiro atoms. The number of nitrogens with zero attached hydrogens (tertiary/aromatic N) is 1. The molecule has 0 atom stereocenters. The number of aryl methyl sites for hydroxylation is 5. The molecule has 2 nitrogen and oxygen atoms in total. The summed E-state index contributed by atoms with van der Waals surface area (Å²) in [6.45, 7) is -0.839. The van der Waals surface area contributed by atoms with E-state index in [9.17, 15) is 0 Å². The van der Waals surface area contributed by atoms with E-state index in [-0.39, 0.29) is 33.2 Å². The van der Waals surface area contributed by atoms with Crippen molar-refractivity contribution in [2.75, 3.05) is 0 Å². The van der Waals surface area contributed by atoms with Crippen LogP contribution in [0.3, 0.4) is 0 Å². The van der Waals surface area contributed by atoms with Crippen LogP contribution < -0.4 is 4.57 Å². The molecule has 0 aliphatic rings. The summed E-state index contributed by atoms with van der Waals surface area (Å²) in [5, 5.41) is 0.732. The molecule has 0 radical (unpaired) electrons. The number of rotatable bonds is 2. The predicted octanol–water partition coefficient (Wildman–Crippen LogP) is 6.90. The average molecular weight is 398 g/mol. The van der Waals surface area contributed by atoms with Crippen molar-refractivity contribution < 1.29 is 24.1 Å². The first kappa shape index (κ1) is 10.4. The number of hydrogen-bond acceptors (Lipinski definition) is 1. The number of pyridine rings is 1. The molecule has 0 N–H and O–H groups in total. The summed E-state index contributed by atoms with van der Waals surface area (Å²) in [6, 6.07) is 7.54.